The lowest BCUT2D eigenvalue weighted by atomic mass is 10.3. The first-order valence-corrected chi connectivity index (χ1v) is 4.43. The molecule has 1 unspecified atom stereocenters. The summed E-state index contributed by atoms with van der Waals surface area (Å²) >= 11 is 0. The summed E-state index contributed by atoms with van der Waals surface area (Å²) in [5.74, 6) is -0.937. The summed E-state index contributed by atoms with van der Waals surface area (Å²) in [6.07, 6.45) is -3.92. The fourth-order valence-corrected chi connectivity index (χ4v) is 0.936. The van der Waals surface area contributed by atoms with Crippen LogP contribution in [0.4, 0.5) is 13.2 Å². The molecule has 1 heterocycles. The van der Waals surface area contributed by atoms with Crippen molar-refractivity contribution in [2.75, 3.05) is 13.2 Å². The molecule has 0 spiro atoms. The normalized spacial score (nSPS) is 21.3. The first-order chi connectivity index (χ1) is 6.88. The van der Waals surface area contributed by atoms with E-state index in [0.717, 1.165) is 6.92 Å². The predicted molar refractivity (Wildman–Crippen MR) is 45.1 cm³/mol. The van der Waals surface area contributed by atoms with Gasteiger partial charge < -0.3 is 9.47 Å². The van der Waals surface area contributed by atoms with Gasteiger partial charge in [0.1, 0.15) is 0 Å². The minimum absolute atomic E-state index is 0.0665. The molecule has 0 bridgehead atoms. The van der Waals surface area contributed by atoms with E-state index >= 15 is 0 Å². The molecule has 1 saturated heterocycles. The Morgan fingerprint density at radius 3 is 2.67 bits per heavy atom. The van der Waals surface area contributed by atoms with Gasteiger partial charge in [-0.05, 0) is 6.92 Å². The van der Waals surface area contributed by atoms with Crippen LogP contribution < -0.4 is 0 Å². The molecule has 0 aliphatic carbocycles. The summed E-state index contributed by atoms with van der Waals surface area (Å²) in [6, 6.07) is 0. The molecule has 1 fully saturated rings. The fraction of sp³-hybridized carbons (Fsp3) is 0.667. The maximum absolute atomic E-state index is 11.8. The first kappa shape index (κ1) is 12.0. The van der Waals surface area contributed by atoms with Crippen molar-refractivity contribution in [3.63, 3.8) is 0 Å². The van der Waals surface area contributed by atoms with Crippen LogP contribution in [0, 0.1) is 0 Å². The van der Waals surface area contributed by atoms with Crippen molar-refractivity contribution in [3.8, 4) is 0 Å². The van der Waals surface area contributed by atoms with Crippen LogP contribution >= 0.6 is 0 Å². The highest BCUT2D eigenvalue weighted by Crippen LogP contribution is 2.19. The van der Waals surface area contributed by atoms with E-state index in [-0.39, 0.29) is 18.8 Å². The number of ether oxygens (including phenoxy) is 2. The van der Waals surface area contributed by atoms with Crippen molar-refractivity contribution in [3.05, 3.63) is 11.6 Å². The summed E-state index contributed by atoms with van der Waals surface area (Å²) in [4.78, 5) is 11.0. The molecule has 1 atom stereocenters. The molecule has 0 aromatic carbocycles. The van der Waals surface area contributed by atoms with E-state index in [0.29, 0.717) is 13.0 Å². The van der Waals surface area contributed by atoms with Crippen LogP contribution in [0.5, 0.6) is 0 Å². The Morgan fingerprint density at radius 2 is 2.20 bits per heavy atom. The quantitative estimate of drug-likeness (QED) is 0.415. The molecule has 15 heavy (non-hydrogen) atoms. The van der Waals surface area contributed by atoms with Gasteiger partial charge in [0.05, 0.1) is 19.3 Å². The van der Waals surface area contributed by atoms with Gasteiger partial charge >= 0.3 is 12.1 Å². The molecule has 86 valence electrons. The van der Waals surface area contributed by atoms with Gasteiger partial charge in [-0.25, -0.2) is 4.79 Å². The smallest absolute Gasteiger partial charge is 0.410 e. The molecule has 1 aliphatic heterocycles. The third-order valence-electron chi connectivity index (χ3n) is 1.78. The number of carbonyl (C=O) groups excluding carboxylic acids is 1. The summed E-state index contributed by atoms with van der Waals surface area (Å²) in [6.45, 7) is 1.80. The van der Waals surface area contributed by atoms with Crippen molar-refractivity contribution >= 4 is 5.97 Å². The van der Waals surface area contributed by atoms with Gasteiger partial charge in [0, 0.05) is 18.1 Å². The average Bonchev–Trinajstić information content (AvgIpc) is 2.84. The lowest BCUT2D eigenvalue weighted by Crippen LogP contribution is -2.12. The topological polar surface area (TPSA) is 38.8 Å². The third-order valence-corrected chi connectivity index (χ3v) is 1.78. The highest BCUT2D eigenvalue weighted by atomic mass is 19.4. The van der Waals surface area contributed by atoms with Crippen LogP contribution in [-0.2, 0) is 14.3 Å². The van der Waals surface area contributed by atoms with Crippen LogP contribution in [0.2, 0.25) is 0 Å². The summed E-state index contributed by atoms with van der Waals surface area (Å²) in [5, 5.41) is 0. The van der Waals surface area contributed by atoms with Crippen LogP contribution in [-0.4, -0.2) is 31.5 Å². The van der Waals surface area contributed by atoms with Crippen molar-refractivity contribution < 1.29 is 27.4 Å². The van der Waals surface area contributed by atoms with E-state index in [1.807, 2.05) is 0 Å². The molecule has 1 rings (SSSR count). The van der Waals surface area contributed by atoms with Crippen molar-refractivity contribution in [2.24, 2.45) is 0 Å². The number of hydrogen-bond donors (Lipinski definition) is 0. The Labute approximate surface area is 84.8 Å². The lowest BCUT2D eigenvalue weighted by Gasteiger charge is -2.05. The van der Waals surface area contributed by atoms with Gasteiger partial charge in [-0.2, -0.15) is 13.2 Å². The second-order valence-electron chi connectivity index (χ2n) is 3.25. The molecule has 0 radical (unpaired) electrons. The maximum Gasteiger partial charge on any atom is 0.410 e. The molecule has 1 aliphatic rings. The van der Waals surface area contributed by atoms with Crippen LogP contribution in [0.15, 0.2) is 11.6 Å². The number of halogens is 3. The Bertz CT molecular complexity index is 266. The highest BCUT2D eigenvalue weighted by Gasteiger charge is 2.26. The SMILES string of the molecule is C/C(=C\C(F)(F)F)C(=O)OCCC1CO1. The van der Waals surface area contributed by atoms with Gasteiger partial charge in [0.25, 0.3) is 0 Å². The average molecular weight is 224 g/mol. The molecule has 6 heteroatoms. The lowest BCUT2D eigenvalue weighted by molar-refractivity contribution is -0.140. The van der Waals surface area contributed by atoms with E-state index in [4.69, 9.17) is 4.74 Å². The predicted octanol–water partition coefficient (Wildman–Crippen LogP) is 1.83. The Kier molecular flexibility index (Phi) is 3.73. The fourth-order valence-electron chi connectivity index (χ4n) is 0.936. The number of esters is 1. The monoisotopic (exact) mass is 224 g/mol. The van der Waals surface area contributed by atoms with Gasteiger partial charge in [-0.3, -0.25) is 0 Å². The zero-order valence-corrected chi connectivity index (χ0v) is 8.13. The molecule has 0 N–H and O–H groups in total. The van der Waals surface area contributed by atoms with E-state index in [2.05, 4.69) is 4.74 Å². The minimum Gasteiger partial charge on any atom is -0.462 e. The second-order valence-corrected chi connectivity index (χ2v) is 3.25. The van der Waals surface area contributed by atoms with Crippen molar-refractivity contribution in [1.29, 1.82) is 0 Å². The summed E-state index contributed by atoms with van der Waals surface area (Å²) in [5.41, 5.74) is -0.445. The van der Waals surface area contributed by atoms with E-state index in [9.17, 15) is 18.0 Å². The molecular formula is C9H11F3O3. The maximum atomic E-state index is 11.8. The molecule has 3 nitrogen and oxygen atoms in total. The summed E-state index contributed by atoms with van der Waals surface area (Å²) < 4.78 is 44.9. The molecule has 0 amide bonds. The van der Waals surface area contributed by atoms with E-state index < -0.39 is 17.7 Å². The number of epoxide rings is 1. The van der Waals surface area contributed by atoms with Gasteiger partial charge in [0.15, 0.2) is 0 Å². The number of rotatable bonds is 4. The van der Waals surface area contributed by atoms with Crippen molar-refractivity contribution in [1.82, 2.24) is 0 Å². The number of carbonyl (C=O) groups is 1. The van der Waals surface area contributed by atoms with Crippen LogP contribution in [0.3, 0.4) is 0 Å². The standard InChI is InChI=1S/C9H11F3O3/c1-6(4-9(10,11)12)8(13)14-3-2-7-5-15-7/h4,7H,2-3,5H2,1H3/b6-4+. The zero-order valence-electron chi connectivity index (χ0n) is 8.13. The molecule has 0 aromatic heterocycles. The van der Waals surface area contributed by atoms with Gasteiger partial charge in [-0.1, -0.05) is 0 Å². The Balaban J connectivity index is 2.28. The molecule has 0 aromatic rings. The minimum atomic E-state index is -4.48. The van der Waals surface area contributed by atoms with Crippen LogP contribution in [0.25, 0.3) is 0 Å². The second kappa shape index (κ2) is 4.65. The van der Waals surface area contributed by atoms with Crippen molar-refractivity contribution in [2.45, 2.75) is 25.6 Å². The van der Waals surface area contributed by atoms with Gasteiger partial charge in [-0.15, -0.1) is 0 Å². The third kappa shape index (κ3) is 5.41. The number of alkyl halides is 3. The van der Waals surface area contributed by atoms with E-state index in [1.165, 1.54) is 0 Å². The first-order valence-electron chi connectivity index (χ1n) is 4.43. The summed E-state index contributed by atoms with van der Waals surface area (Å²) in [7, 11) is 0. The van der Waals surface area contributed by atoms with Gasteiger partial charge in [0.2, 0.25) is 0 Å². The molecular weight excluding hydrogens is 213 g/mol. The largest absolute Gasteiger partial charge is 0.462 e. The highest BCUT2D eigenvalue weighted by molar-refractivity contribution is 5.87. The zero-order chi connectivity index (χ0) is 11.5. The Morgan fingerprint density at radius 1 is 1.60 bits per heavy atom. The number of hydrogen-bond acceptors (Lipinski definition) is 3. The number of allylic oxidation sites excluding steroid dienone is 1. The Hall–Kier alpha value is -1.04. The van der Waals surface area contributed by atoms with E-state index in [1.54, 1.807) is 0 Å². The van der Waals surface area contributed by atoms with Crippen LogP contribution in [0.1, 0.15) is 13.3 Å². The molecule has 0 saturated carbocycles.